The third-order valence-electron chi connectivity index (χ3n) is 2.79. The minimum atomic E-state index is -4.35. The summed E-state index contributed by atoms with van der Waals surface area (Å²) in [5.74, 6) is -1.40. The second-order valence-electron chi connectivity index (χ2n) is 4.68. The summed E-state index contributed by atoms with van der Waals surface area (Å²) in [6.45, 7) is -2.22. The quantitative estimate of drug-likeness (QED) is 0.441. The molecule has 0 saturated carbocycles. The molecule has 0 heterocycles. The van der Waals surface area contributed by atoms with Gasteiger partial charge in [-0.2, -0.15) is 18.4 Å². The Hall–Kier alpha value is -2.60. The van der Waals surface area contributed by atoms with E-state index in [1.165, 1.54) is 0 Å². The molecule has 0 aliphatic rings. The maximum Gasteiger partial charge on any atom is 0.401 e. The van der Waals surface area contributed by atoms with Crippen molar-refractivity contribution in [1.82, 2.24) is 5.32 Å². The van der Waals surface area contributed by atoms with Crippen LogP contribution in [-0.4, -0.2) is 44.3 Å². The fourth-order valence-corrected chi connectivity index (χ4v) is 1.71. The van der Waals surface area contributed by atoms with Crippen molar-refractivity contribution in [3.63, 3.8) is 0 Å². The first-order valence-corrected chi connectivity index (χ1v) is 6.99. The van der Waals surface area contributed by atoms with Gasteiger partial charge >= 0.3 is 12.1 Å². The van der Waals surface area contributed by atoms with Crippen molar-refractivity contribution in [2.24, 2.45) is 0 Å². The van der Waals surface area contributed by atoms with Crippen LogP contribution in [0.4, 0.5) is 18.9 Å². The number of rotatable bonds is 8. The smallest absolute Gasteiger partial charge is 0.401 e. The summed E-state index contributed by atoms with van der Waals surface area (Å²) in [4.78, 5) is 24.6. The van der Waals surface area contributed by atoms with E-state index in [4.69, 9.17) is 10.00 Å². The van der Waals surface area contributed by atoms with Crippen molar-refractivity contribution in [2.45, 2.75) is 12.6 Å². The van der Waals surface area contributed by atoms with Gasteiger partial charge in [0.05, 0.1) is 19.0 Å². The molecule has 0 radical (unpaired) electrons. The maximum atomic E-state index is 12.0. The number of benzene rings is 1. The summed E-state index contributed by atoms with van der Waals surface area (Å²) in [6.07, 6.45) is -4.65. The van der Waals surface area contributed by atoms with Crippen LogP contribution in [0.25, 0.3) is 0 Å². The molecule has 1 rings (SSSR count). The Morgan fingerprint density at radius 1 is 1.25 bits per heavy atom. The topological polar surface area (TPSA) is 82.4 Å². The highest BCUT2D eigenvalue weighted by Crippen LogP contribution is 2.13. The molecule has 0 aliphatic heterocycles. The number of hydrogen-bond donors (Lipinski definition) is 1. The average molecular weight is 343 g/mol. The lowest BCUT2D eigenvalue weighted by Gasteiger charge is -2.19. The van der Waals surface area contributed by atoms with Crippen LogP contribution in [0.1, 0.15) is 6.42 Å². The van der Waals surface area contributed by atoms with E-state index in [9.17, 15) is 22.8 Å². The number of ether oxygens (including phenoxy) is 1. The molecule has 9 heteroatoms. The largest absolute Gasteiger partial charge is 0.456 e. The number of carbonyl (C=O) groups excluding carboxylic acids is 2. The van der Waals surface area contributed by atoms with Gasteiger partial charge in [0.25, 0.3) is 5.91 Å². The van der Waals surface area contributed by atoms with E-state index in [0.717, 1.165) is 4.90 Å². The maximum absolute atomic E-state index is 12.0. The minimum absolute atomic E-state index is 0.215. The number of alkyl halides is 3. The average Bonchev–Trinajstić information content (AvgIpc) is 2.54. The number of hydrogen-bond acceptors (Lipinski definition) is 5. The highest BCUT2D eigenvalue weighted by atomic mass is 19.4. The van der Waals surface area contributed by atoms with Crippen LogP contribution >= 0.6 is 0 Å². The Balaban J connectivity index is 2.40. The van der Waals surface area contributed by atoms with Crippen LogP contribution in [0.2, 0.25) is 0 Å². The molecule has 6 nitrogen and oxygen atoms in total. The number of carbonyl (C=O) groups is 2. The van der Waals surface area contributed by atoms with Crippen LogP contribution < -0.4 is 10.2 Å². The number of para-hydroxylation sites is 1. The van der Waals surface area contributed by atoms with E-state index >= 15 is 0 Å². The molecule has 0 spiro atoms. The molecule has 130 valence electrons. The van der Waals surface area contributed by atoms with Gasteiger partial charge in [0.1, 0.15) is 6.54 Å². The summed E-state index contributed by atoms with van der Waals surface area (Å²) in [5, 5.41) is 10.8. The van der Waals surface area contributed by atoms with Crippen LogP contribution in [0.3, 0.4) is 0 Å². The molecular formula is C15H16F3N3O3. The van der Waals surface area contributed by atoms with Gasteiger partial charge in [0.2, 0.25) is 0 Å². The van der Waals surface area contributed by atoms with Crippen molar-refractivity contribution in [1.29, 1.82) is 5.26 Å². The van der Waals surface area contributed by atoms with E-state index in [2.05, 4.69) is 0 Å². The number of esters is 1. The number of nitriles is 1. The first-order chi connectivity index (χ1) is 11.3. The lowest BCUT2D eigenvalue weighted by atomic mass is 10.3. The summed E-state index contributed by atoms with van der Waals surface area (Å²) in [6, 6.07) is 10.2. The molecule has 24 heavy (non-hydrogen) atoms. The zero-order chi connectivity index (χ0) is 18.0. The van der Waals surface area contributed by atoms with Gasteiger partial charge in [-0.05, 0) is 12.1 Å². The molecule has 0 aromatic heterocycles. The van der Waals surface area contributed by atoms with Gasteiger partial charge in [-0.1, -0.05) is 18.2 Å². The standard InChI is InChI=1S/C15H16F3N3O3/c16-15(17,18)11-20-8-6-14(23)24-10-13(22)21(9-7-19)12-4-2-1-3-5-12/h1-5,20H,6,8-11H2. The van der Waals surface area contributed by atoms with Crippen LogP contribution in [0.15, 0.2) is 30.3 Å². The van der Waals surface area contributed by atoms with E-state index in [0.29, 0.717) is 5.69 Å². The zero-order valence-corrected chi connectivity index (χ0v) is 12.7. The molecular weight excluding hydrogens is 327 g/mol. The number of amides is 1. The SMILES string of the molecule is N#CCN(C(=O)COC(=O)CCNCC(F)(F)F)c1ccccc1. The predicted molar refractivity (Wildman–Crippen MR) is 78.9 cm³/mol. The Morgan fingerprint density at radius 3 is 2.50 bits per heavy atom. The molecule has 0 fully saturated rings. The lowest BCUT2D eigenvalue weighted by molar-refractivity contribution is -0.148. The van der Waals surface area contributed by atoms with Crippen molar-refractivity contribution in [2.75, 3.05) is 31.1 Å². The predicted octanol–water partition coefficient (Wildman–Crippen LogP) is 1.63. The lowest BCUT2D eigenvalue weighted by Crippen LogP contribution is -2.35. The van der Waals surface area contributed by atoms with Crippen LogP contribution in [0, 0.1) is 11.3 Å². The van der Waals surface area contributed by atoms with E-state index in [1.54, 1.807) is 30.3 Å². The van der Waals surface area contributed by atoms with Crippen molar-refractivity contribution in [3.8, 4) is 6.07 Å². The molecule has 0 saturated heterocycles. The molecule has 1 aromatic rings. The molecule has 0 atom stereocenters. The molecule has 0 unspecified atom stereocenters. The van der Waals surface area contributed by atoms with Gasteiger partial charge in [-0.25, -0.2) is 0 Å². The molecule has 0 aliphatic carbocycles. The van der Waals surface area contributed by atoms with E-state index in [1.807, 2.05) is 11.4 Å². The Morgan fingerprint density at radius 2 is 1.92 bits per heavy atom. The minimum Gasteiger partial charge on any atom is -0.456 e. The van der Waals surface area contributed by atoms with Crippen molar-refractivity contribution in [3.05, 3.63) is 30.3 Å². The fourth-order valence-electron chi connectivity index (χ4n) is 1.71. The van der Waals surface area contributed by atoms with Crippen molar-refractivity contribution < 1.29 is 27.5 Å². The number of halogens is 3. The second kappa shape index (κ2) is 9.52. The molecule has 0 bridgehead atoms. The fraction of sp³-hybridized carbons (Fsp3) is 0.400. The van der Waals surface area contributed by atoms with Crippen LogP contribution in [-0.2, 0) is 14.3 Å². The van der Waals surface area contributed by atoms with E-state index in [-0.39, 0.29) is 19.5 Å². The van der Waals surface area contributed by atoms with Gasteiger partial charge in [0.15, 0.2) is 6.61 Å². The number of nitrogens with one attached hydrogen (secondary N) is 1. The third-order valence-corrected chi connectivity index (χ3v) is 2.79. The normalized spacial score (nSPS) is 10.8. The first-order valence-electron chi connectivity index (χ1n) is 6.99. The van der Waals surface area contributed by atoms with Gasteiger partial charge < -0.3 is 10.1 Å². The summed E-state index contributed by atoms with van der Waals surface area (Å²) >= 11 is 0. The Kier molecular flexibility index (Phi) is 7.71. The number of nitrogens with zero attached hydrogens (tertiary/aromatic N) is 2. The molecule has 1 amide bonds. The highest BCUT2D eigenvalue weighted by molar-refractivity contribution is 5.95. The molecule has 1 aromatic carbocycles. The summed E-state index contributed by atoms with van der Waals surface area (Å²) < 4.78 is 40.4. The van der Waals surface area contributed by atoms with Gasteiger partial charge in [-0.15, -0.1) is 0 Å². The Labute approximate surface area is 136 Å². The first kappa shape index (κ1) is 19.4. The molecule has 1 N–H and O–H groups in total. The highest BCUT2D eigenvalue weighted by Gasteiger charge is 2.26. The van der Waals surface area contributed by atoms with E-state index < -0.39 is 31.2 Å². The van der Waals surface area contributed by atoms with Gasteiger partial charge in [-0.3, -0.25) is 14.5 Å². The third kappa shape index (κ3) is 7.60. The zero-order valence-electron chi connectivity index (χ0n) is 12.7. The van der Waals surface area contributed by atoms with Crippen LogP contribution in [0.5, 0.6) is 0 Å². The monoisotopic (exact) mass is 343 g/mol. The summed E-state index contributed by atoms with van der Waals surface area (Å²) in [7, 11) is 0. The number of anilines is 1. The Bertz CT molecular complexity index is 585. The van der Waals surface area contributed by atoms with Gasteiger partial charge in [0, 0.05) is 12.2 Å². The van der Waals surface area contributed by atoms with Crippen molar-refractivity contribution >= 4 is 17.6 Å². The second-order valence-corrected chi connectivity index (χ2v) is 4.68. The summed E-state index contributed by atoms with van der Waals surface area (Å²) in [5.41, 5.74) is 0.479.